The maximum absolute atomic E-state index is 13.9. The fourth-order valence-electron chi connectivity index (χ4n) is 3.56. The Morgan fingerprint density at radius 2 is 2.14 bits per heavy atom. The lowest BCUT2D eigenvalue weighted by Crippen LogP contribution is -2.41. The van der Waals surface area contributed by atoms with E-state index in [1.165, 1.54) is 18.9 Å². The molecular weight excluding hydrogens is 271 g/mol. The number of hydrogen-bond acceptors (Lipinski definition) is 3. The molecule has 1 saturated carbocycles. The molecule has 1 heterocycles. The van der Waals surface area contributed by atoms with Crippen LogP contribution in [0.1, 0.15) is 57.1 Å². The van der Waals surface area contributed by atoms with E-state index in [4.69, 9.17) is 9.47 Å². The van der Waals surface area contributed by atoms with Gasteiger partial charge in [0.1, 0.15) is 17.7 Å². The summed E-state index contributed by atoms with van der Waals surface area (Å²) in [5.74, 6) is 0.127. The topological polar surface area (TPSA) is 38.7 Å². The highest BCUT2D eigenvalue weighted by molar-refractivity contribution is 5.30. The van der Waals surface area contributed by atoms with E-state index in [0.717, 1.165) is 32.3 Å². The summed E-state index contributed by atoms with van der Waals surface area (Å²) >= 11 is 0. The average Bonchev–Trinajstić information content (AvgIpc) is 2.86. The summed E-state index contributed by atoms with van der Waals surface area (Å²) in [4.78, 5) is 0. The molecule has 2 atom stereocenters. The third-order valence-electron chi connectivity index (χ3n) is 4.69. The van der Waals surface area contributed by atoms with Gasteiger partial charge in [-0.15, -0.1) is 0 Å². The lowest BCUT2D eigenvalue weighted by molar-refractivity contribution is -0.108. The van der Waals surface area contributed by atoms with Crippen LogP contribution in [0.5, 0.6) is 5.75 Å². The van der Waals surface area contributed by atoms with Gasteiger partial charge >= 0.3 is 0 Å². The van der Waals surface area contributed by atoms with Crippen LogP contribution >= 0.6 is 0 Å². The molecule has 0 radical (unpaired) electrons. The van der Waals surface area contributed by atoms with Crippen molar-refractivity contribution >= 4 is 0 Å². The van der Waals surface area contributed by atoms with E-state index >= 15 is 0 Å². The van der Waals surface area contributed by atoms with Crippen LogP contribution in [-0.4, -0.2) is 23.4 Å². The summed E-state index contributed by atoms with van der Waals surface area (Å²) in [5, 5.41) is 9.46. The highest BCUT2D eigenvalue weighted by Gasteiger charge is 2.40. The van der Waals surface area contributed by atoms with Gasteiger partial charge in [0.05, 0.1) is 18.3 Å². The highest BCUT2D eigenvalue weighted by atomic mass is 19.1. The van der Waals surface area contributed by atoms with Gasteiger partial charge in [-0.2, -0.15) is 0 Å². The maximum Gasteiger partial charge on any atom is 0.132 e. The molecule has 3 nitrogen and oxygen atoms in total. The number of rotatable bonds is 3. The van der Waals surface area contributed by atoms with Crippen molar-refractivity contribution in [3.05, 3.63) is 29.6 Å². The molecule has 0 amide bonds. The molecule has 116 valence electrons. The van der Waals surface area contributed by atoms with Gasteiger partial charge in [0.25, 0.3) is 0 Å². The zero-order chi connectivity index (χ0) is 14.9. The van der Waals surface area contributed by atoms with Crippen molar-refractivity contribution in [2.75, 3.05) is 6.61 Å². The minimum atomic E-state index is -0.802. The van der Waals surface area contributed by atoms with Crippen molar-refractivity contribution in [1.82, 2.24) is 0 Å². The molecule has 0 bridgehead atoms. The van der Waals surface area contributed by atoms with Gasteiger partial charge in [0, 0.05) is 24.5 Å². The normalized spacial score (nSPS) is 26.0. The molecule has 1 aromatic carbocycles. The van der Waals surface area contributed by atoms with Crippen LogP contribution in [0.25, 0.3) is 0 Å². The van der Waals surface area contributed by atoms with Crippen molar-refractivity contribution in [3.8, 4) is 5.75 Å². The second kappa shape index (κ2) is 5.93. The van der Waals surface area contributed by atoms with E-state index in [0.29, 0.717) is 11.3 Å². The second-order valence-corrected chi connectivity index (χ2v) is 6.33. The van der Waals surface area contributed by atoms with Crippen molar-refractivity contribution in [1.29, 1.82) is 0 Å². The summed E-state index contributed by atoms with van der Waals surface area (Å²) in [5.41, 5.74) is 0.308. The molecule has 1 aliphatic carbocycles. The van der Waals surface area contributed by atoms with Crippen LogP contribution in [0.4, 0.5) is 4.39 Å². The molecule has 1 saturated heterocycles. The standard InChI is InChI=1S/C17H23FO3/c1-12(19)15-5-4-13(10-16(15)18)21-14-6-9-20-17(11-14)7-2-3-8-17/h4-5,10,12,14,19H,2-3,6-9,11H2,1H3/t12-,14?/m0/s1. The Bertz CT molecular complexity index is 495. The van der Waals surface area contributed by atoms with E-state index in [-0.39, 0.29) is 11.7 Å². The Morgan fingerprint density at radius 1 is 1.38 bits per heavy atom. The molecule has 3 rings (SSSR count). The molecular formula is C17H23FO3. The van der Waals surface area contributed by atoms with Crippen LogP contribution in [0, 0.1) is 5.82 Å². The first-order chi connectivity index (χ1) is 10.1. The van der Waals surface area contributed by atoms with Gasteiger partial charge < -0.3 is 14.6 Å². The monoisotopic (exact) mass is 294 g/mol. The first kappa shape index (κ1) is 14.8. The Labute approximate surface area is 125 Å². The lowest BCUT2D eigenvalue weighted by Gasteiger charge is -2.38. The minimum absolute atomic E-state index is 0.00101. The summed E-state index contributed by atoms with van der Waals surface area (Å²) in [6.07, 6.45) is 5.71. The summed E-state index contributed by atoms with van der Waals surface area (Å²) in [7, 11) is 0. The Hall–Kier alpha value is -1.13. The predicted octanol–water partition coefficient (Wildman–Crippen LogP) is 3.75. The number of aliphatic hydroxyl groups is 1. The summed E-state index contributed by atoms with van der Waals surface area (Å²) < 4.78 is 25.8. The van der Waals surface area contributed by atoms with Crippen LogP contribution in [-0.2, 0) is 4.74 Å². The lowest BCUT2D eigenvalue weighted by atomic mass is 9.90. The van der Waals surface area contributed by atoms with E-state index < -0.39 is 11.9 Å². The minimum Gasteiger partial charge on any atom is -0.490 e. The van der Waals surface area contributed by atoms with Gasteiger partial charge in [0.15, 0.2) is 0 Å². The number of ether oxygens (including phenoxy) is 2. The van der Waals surface area contributed by atoms with E-state index in [1.54, 1.807) is 19.1 Å². The molecule has 4 heteroatoms. The molecule has 21 heavy (non-hydrogen) atoms. The smallest absolute Gasteiger partial charge is 0.132 e. The predicted molar refractivity (Wildman–Crippen MR) is 77.8 cm³/mol. The first-order valence-corrected chi connectivity index (χ1v) is 7.86. The molecule has 1 N–H and O–H groups in total. The van der Waals surface area contributed by atoms with Gasteiger partial charge in [-0.1, -0.05) is 12.8 Å². The molecule has 1 aromatic rings. The molecule has 0 aromatic heterocycles. The fourth-order valence-corrected chi connectivity index (χ4v) is 3.56. The van der Waals surface area contributed by atoms with Crippen molar-refractivity contribution < 1.29 is 19.0 Å². The van der Waals surface area contributed by atoms with Crippen molar-refractivity contribution in [3.63, 3.8) is 0 Å². The Morgan fingerprint density at radius 3 is 2.81 bits per heavy atom. The van der Waals surface area contributed by atoms with Crippen LogP contribution < -0.4 is 4.74 Å². The zero-order valence-electron chi connectivity index (χ0n) is 12.5. The van der Waals surface area contributed by atoms with Crippen molar-refractivity contribution in [2.45, 2.75) is 63.3 Å². The largest absolute Gasteiger partial charge is 0.490 e. The van der Waals surface area contributed by atoms with Crippen LogP contribution in [0.15, 0.2) is 18.2 Å². The molecule has 2 aliphatic rings. The van der Waals surface area contributed by atoms with Crippen LogP contribution in [0.2, 0.25) is 0 Å². The molecule has 1 spiro atoms. The fraction of sp³-hybridized carbons (Fsp3) is 0.647. The highest BCUT2D eigenvalue weighted by Crippen LogP contribution is 2.41. The SMILES string of the molecule is C[C@H](O)c1ccc(OC2CCOC3(CCCC3)C2)cc1F. The van der Waals surface area contributed by atoms with Crippen LogP contribution in [0.3, 0.4) is 0 Å². The van der Waals surface area contributed by atoms with Gasteiger partial charge in [-0.25, -0.2) is 4.39 Å². The summed E-state index contributed by atoms with van der Waals surface area (Å²) in [6.45, 7) is 2.28. The Balaban J connectivity index is 1.67. The van der Waals surface area contributed by atoms with E-state index in [2.05, 4.69) is 0 Å². The second-order valence-electron chi connectivity index (χ2n) is 6.33. The number of halogens is 1. The molecule has 2 fully saturated rings. The average molecular weight is 294 g/mol. The quantitative estimate of drug-likeness (QED) is 0.922. The zero-order valence-corrected chi connectivity index (χ0v) is 12.5. The van der Waals surface area contributed by atoms with Gasteiger partial charge in [-0.05, 0) is 31.9 Å². The van der Waals surface area contributed by atoms with E-state index in [1.807, 2.05) is 0 Å². The summed E-state index contributed by atoms with van der Waals surface area (Å²) in [6, 6.07) is 4.71. The number of aliphatic hydroxyl groups excluding tert-OH is 1. The Kier molecular flexibility index (Phi) is 4.18. The maximum atomic E-state index is 13.9. The molecule has 1 unspecified atom stereocenters. The van der Waals surface area contributed by atoms with E-state index in [9.17, 15) is 9.50 Å². The number of benzene rings is 1. The van der Waals surface area contributed by atoms with Crippen molar-refractivity contribution in [2.24, 2.45) is 0 Å². The molecule has 1 aliphatic heterocycles. The first-order valence-electron chi connectivity index (χ1n) is 7.86. The third kappa shape index (κ3) is 3.22. The van der Waals surface area contributed by atoms with Gasteiger partial charge in [0.2, 0.25) is 0 Å². The number of hydrogen-bond donors (Lipinski definition) is 1. The van der Waals surface area contributed by atoms with Gasteiger partial charge in [-0.3, -0.25) is 0 Å². The third-order valence-corrected chi connectivity index (χ3v) is 4.69.